The number of anilines is 1. The lowest BCUT2D eigenvalue weighted by Gasteiger charge is -2.26. The van der Waals surface area contributed by atoms with E-state index in [4.69, 9.17) is 5.73 Å². The number of nitrogens with two attached hydrogens (primary N) is 1. The number of hydrogen-bond acceptors (Lipinski definition) is 4. The van der Waals surface area contributed by atoms with Crippen LogP contribution in [0.1, 0.15) is 13.8 Å². The highest BCUT2D eigenvalue weighted by Crippen LogP contribution is 2.21. The van der Waals surface area contributed by atoms with Crippen LogP contribution in [0.25, 0.3) is 11.0 Å². The van der Waals surface area contributed by atoms with E-state index in [-0.39, 0.29) is 12.5 Å². The number of benzene rings is 1. The van der Waals surface area contributed by atoms with Crippen molar-refractivity contribution in [2.24, 2.45) is 0 Å². The van der Waals surface area contributed by atoms with Crippen LogP contribution >= 0.6 is 0 Å². The molecule has 6 nitrogen and oxygen atoms in total. The molecule has 1 aromatic carbocycles. The van der Waals surface area contributed by atoms with Gasteiger partial charge in [0.05, 0.1) is 17.3 Å². The maximum absolute atomic E-state index is 13.3. The van der Waals surface area contributed by atoms with Crippen LogP contribution in [0.4, 0.5) is 10.3 Å². The third-order valence-electron chi connectivity index (χ3n) is 2.75. The van der Waals surface area contributed by atoms with Crippen LogP contribution in [0.2, 0.25) is 0 Å². The van der Waals surface area contributed by atoms with E-state index in [9.17, 15) is 12.8 Å². The van der Waals surface area contributed by atoms with Crippen molar-refractivity contribution in [3.63, 3.8) is 0 Å². The van der Waals surface area contributed by atoms with E-state index in [1.165, 1.54) is 18.2 Å². The first-order valence-corrected chi connectivity index (χ1v) is 7.87. The van der Waals surface area contributed by atoms with Gasteiger partial charge in [0, 0.05) is 12.1 Å². The van der Waals surface area contributed by atoms with E-state index in [2.05, 4.69) is 9.71 Å². The molecule has 2 aromatic rings. The normalized spacial score (nSPS) is 13.0. The summed E-state index contributed by atoms with van der Waals surface area (Å²) in [6.07, 6.45) is 1.09. The van der Waals surface area contributed by atoms with Gasteiger partial charge in [-0.05, 0) is 32.0 Å². The summed E-state index contributed by atoms with van der Waals surface area (Å²) >= 11 is 0. The molecule has 0 amide bonds. The van der Waals surface area contributed by atoms with Crippen molar-refractivity contribution in [3.8, 4) is 0 Å². The zero-order chi connectivity index (χ0) is 15.1. The maximum atomic E-state index is 13.3. The lowest BCUT2D eigenvalue weighted by Crippen LogP contribution is -2.46. The average molecular weight is 300 g/mol. The van der Waals surface area contributed by atoms with Gasteiger partial charge in [-0.3, -0.25) is 0 Å². The fraction of sp³-hybridized carbons (Fsp3) is 0.417. The number of nitrogen functional groups attached to an aromatic ring is 1. The van der Waals surface area contributed by atoms with Gasteiger partial charge in [-0.15, -0.1) is 0 Å². The summed E-state index contributed by atoms with van der Waals surface area (Å²) in [4.78, 5) is 4.13. The molecule has 0 unspecified atom stereocenters. The molecule has 1 aromatic heterocycles. The Morgan fingerprint density at radius 1 is 1.45 bits per heavy atom. The Bertz CT molecular complexity index is 752. The van der Waals surface area contributed by atoms with Crippen LogP contribution in [-0.2, 0) is 16.6 Å². The van der Waals surface area contributed by atoms with Crippen LogP contribution < -0.4 is 10.5 Å². The van der Waals surface area contributed by atoms with Crippen LogP contribution in [0.3, 0.4) is 0 Å². The Balaban J connectivity index is 2.43. The molecule has 0 saturated heterocycles. The summed E-state index contributed by atoms with van der Waals surface area (Å²) in [6, 6.07) is 4.17. The third-order valence-corrected chi connectivity index (χ3v) is 3.68. The summed E-state index contributed by atoms with van der Waals surface area (Å²) in [5.74, 6) is -0.179. The molecule has 1 heterocycles. The molecule has 3 N–H and O–H groups in total. The number of sulfonamides is 1. The second kappa shape index (κ2) is 4.71. The molecule has 110 valence electrons. The van der Waals surface area contributed by atoms with E-state index < -0.39 is 21.4 Å². The van der Waals surface area contributed by atoms with Crippen molar-refractivity contribution in [1.82, 2.24) is 14.3 Å². The van der Waals surface area contributed by atoms with E-state index in [0.29, 0.717) is 11.0 Å². The van der Waals surface area contributed by atoms with Gasteiger partial charge in [0.25, 0.3) is 0 Å². The number of nitrogens with one attached hydrogen (secondary N) is 1. The number of halogens is 1. The summed E-state index contributed by atoms with van der Waals surface area (Å²) in [7, 11) is -3.36. The van der Waals surface area contributed by atoms with E-state index in [1.54, 1.807) is 18.4 Å². The minimum atomic E-state index is -3.36. The van der Waals surface area contributed by atoms with Crippen molar-refractivity contribution < 1.29 is 12.8 Å². The molecular formula is C12H17FN4O2S. The zero-order valence-corrected chi connectivity index (χ0v) is 12.3. The predicted octanol–water partition coefficient (Wildman–Crippen LogP) is 1.09. The van der Waals surface area contributed by atoms with E-state index >= 15 is 0 Å². The number of fused-ring (bicyclic) bond motifs is 1. The van der Waals surface area contributed by atoms with Gasteiger partial charge < -0.3 is 10.3 Å². The standard InChI is InChI=1S/C12H17FN4O2S/c1-12(2,16-20(3,18)19)7-17-10-6-8(13)4-5-9(10)15-11(17)14/h4-6,16H,7H2,1-3H3,(H2,14,15). The van der Waals surface area contributed by atoms with E-state index in [1.807, 2.05) is 0 Å². The minimum absolute atomic E-state index is 0.217. The van der Waals surface area contributed by atoms with Gasteiger partial charge in [0.15, 0.2) is 0 Å². The van der Waals surface area contributed by atoms with Gasteiger partial charge in [-0.2, -0.15) is 0 Å². The van der Waals surface area contributed by atoms with Crippen molar-refractivity contribution in [2.45, 2.75) is 25.9 Å². The van der Waals surface area contributed by atoms with Crippen molar-refractivity contribution in [1.29, 1.82) is 0 Å². The Hall–Kier alpha value is -1.67. The topological polar surface area (TPSA) is 90.0 Å². The van der Waals surface area contributed by atoms with Crippen molar-refractivity contribution in [2.75, 3.05) is 12.0 Å². The van der Waals surface area contributed by atoms with E-state index in [0.717, 1.165) is 6.26 Å². The zero-order valence-electron chi connectivity index (χ0n) is 11.5. The van der Waals surface area contributed by atoms with Gasteiger partial charge in [0.2, 0.25) is 16.0 Å². The first-order chi connectivity index (χ1) is 9.07. The molecule has 8 heteroatoms. The Morgan fingerprint density at radius 2 is 2.10 bits per heavy atom. The minimum Gasteiger partial charge on any atom is -0.369 e. The lowest BCUT2D eigenvalue weighted by atomic mass is 10.1. The molecule has 20 heavy (non-hydrogen) atoms. The molecule has 0 spiro atoms. The third kappa shape index (κ3) is 3.26. The second-order valence-electron chi connectivity index (χ2n) is 5.45. The number of rotatable bonds is 4. The predicted molar refractivity (Wildman–Crippen MR) is 76.2 cm³/mol. The molecule has 0 radical (unpaired) electrons. The molecule has 0 saturated carbocycles. The van der Waals surface area contributed by atoms with Crippen LogP contribution in [0.5, 0.6) is 0 Å². The lowest BCUT2D eigenvalue weighted by molar-refractivity contribution is 0.398. The van der Waals surface area contributed by atoms with Crippen molar-refractivity contribution >= 4 is 27.0 Å². The average Bonchev–Trinajstić information content (AvgIpc) is 2.52. The van der Waals surface area contributed by atoms with Crippen LogP contribution in [-0.4, -0.2) is 29.8 Å². The number of imidazole rings is 1. The fourth-order valence-electron chi connectivity index (χ4n) is 2.21. The molecule has 0 bridgehead atoms. The van der Waals surface area contributed by atoms with Gasteiger partial charge in [0.1, 0.15) is 5.82 Å². The summed E-state index contributed by atoms with van der Waals surface area (Å²) < 4.78 is 40.1. The van der Waals surface area contributed by atoms with Crippen LogP contribution in [0.15, 0.2) is 18.2 Å². The first-order valence-electron chi connectivity index (χ1n) is 5.98. The number of aromatic nitrogens is 2. The van der Waals surface area contributed by atoms with Crippen molar-refractivity contribution in [3.05, 3.63) is 24.0 Å². The largest absolute Gasteiger partial charge is 0.369 e. The highest BCUT2D eigenvalue weighted by Gasteiger charge is 2.24. The highest BCUT2D eigenvalue weighted by molar-refractivity contribution is 7.88. The maximum Gasteiger partial charge on any atom is 0.209 e. The van der Waals surface area contributed by atoms with Gasteiger partial charge in [-0.25, -0.2) is 22.5 Å². The Kier molecular flexibility index (Phi) is 3.47. The molecule has 0 aliphatic heterocycles. The highest BCUT2D eigenvalue weighted by atomic mass is 32.2. The first kappa shape index (κ1) is 14.7. The monoisotopic (exact) mass is 300 g/mol. The molecule has 0 atom stereocenters. The van der Waals surface area contributed by atoms with Gasteiger partial charge in [-0.1, -0.05) is 0 Å². The molecular weight excluding hydrogens is 283 g/mol. The fourth-order valence-corrected chi connectivity index (χ4v) is 3.28. The quantitative estimate of drug-likeness (QED) is 0.884. The molecule has 0 aliphatic carbocycles. The summed E-state index contributed by atoms with van der Waals surface area (Å²) in [5.41, 5.74) is 6.15. The Morgan fingerprint density at radius 3 is 2.70 bits per heavy atom. The van der Waals surface area contributed by atoms with Gasteiger partial charge >= 0.3 is 0 Å². The smallest absolute Gasteiger partial charge is 0.209 e. The summed E-state index contributed by atoms with van der Waals surface area (Å²) in [6.45, 7) is 3.68. The summed E-state index contributed by atoms with van der Waals surface area (Å²) in [5, 5.41) is 0. The number of nitrogens with zero attached hydrogens (tertiary/aromatic N) is 2. The second-order valence-corrected chi connectivity index (χ2v) is 7.20. The van der Waals surface area contributed by atoms with Crippen LogP contribution in [0, 0.1) is 5.82 Å². The SMILES string of the molecule is CC(C)(Cn1c(N)nc2ccc(F)cc21)NS(C)(=O)=O. The molecule has 0 aliphatic rings. The molecule has 2 rings (SSSR count). The molecule has 0 fully saturated rings. The number of hydrogen-bond donors (Lipinski definition) is 2. The Labute approximate surface area is 116 Å².